The molecular weight excluding hydrogens is 552 g/mol. The first-order valence-electron chi connectivity index (χ1n) is 15.1. The van der Waals surface area contributed by atoms with Crippen molar-refractivity contribution in [2.24, 2.45) is 17.8 Å². The Morgan fingerprint density at radius 3 is 1.91 bits per heavy atom. The second-order valence-corrected chi connectivity index (χ2v) is 12.4. The van der Waals surface area contributed by atoms with Crippen LogP contribution in [0.2, 0.25) is 0 Å². The van der Waals surface area contributed by atoms with Crippen molar-refractivity contribution in [3.63, 3.8) is 0 Å². The molecule has 2 heterocycles. The summed E-state index contributed by atoms with van der Waals surface area (Å²) in [5.74, 6) is -2.87. The normalized spacial score (nSPS) is 24.8. The molecule has 9 rings (SSSR count). The minimum atomic E-state index is -0.628. The number of rotatable bonds is 4. The summed E-state index contributed by atoms with van der Waals surface area (Å²) in [4.78, 5) is 57.3. The first kappa shape index (κ1) is 26.6. The summed E-state index contributed by atoms with van der Waals surface area (Å²) in [6.07, 6.45) is 0.0578. The second kappa shape index (κ2) is 9.74. The number of esters is 1. The van der Waals surface area contributed by atoms with E-state index >= 15 is 0 Å². The largest absolute Gasteiger partial charge is 0.426 e. The van der Waals surface area contributed by atoms with Crippen LogP contribution in [0.1, 0.15) is 51.6 Å². The first-order chi connectivity index (χ1) is 21.3. The maximum Gasteiger partial charge on any atom is 0.316 e. The Labute approximate surface area is 255 Å². The third kappa shape index (κ3) is 3.81. The molecule has 0 aromatic heterocycles. The fourth-order valence-electron chi connectivity index (χ4n) is 7.93. The number of amides is 3. The summed E-state index contributed by atoms with van der Waals surface area (Å²) >= 11 is 0. The zero-order chi connectivity index (χ0) is 30.3. The summed E-state index contributed by atoms with van der Waals surface area (Å²) in [7, 11) is 0. The second-order valence-electron chi connectivity index (χ2n) is 12.4. The number of anilines is 2. The minimum Gasteiger partial charge on any atom is -0.426 e. The van der Waals surface area contributed by atoms with Crippen LogP contribution < -0.4 is 14.5 Å². The van der Waals surface area contributed by atoms with E-state index < -0.39 is 23.7 Å². The van der Waals surface area contributed by atoms with Gasteiger partial charge in [-0.1, -0.05) is 66.7 Å². The van der Waals surface area contributed by atoms with Crippen molar-refractivity contribution in [2.45, 2.75) is 32.1 Å². The summed E-state index contributed by atoms with van der Waals surface area (Å²) in [6, 6.07) is 28.8. The van der Waals surface area contributed by atoms with E-state index in [0.717, 1.165) is 39.1 Å². The number of aryl methyl sites for hydroxylation is 2. The Kier molecular flexibility index (Phi) is 5.88. The molecule has 3 amide bonds. The molecule has 3 atom stereocenters. The van der Waals surface area contributed by atoms with E-state index in [2.05, 4.69) is 24.3 Å². The lowest BCUT2D eigenvalue weighted by atomic mass is 9.55. The van der Waals surface area contributed by atoms with Gasteiger partial charge in [-0.3, -0.25) is 19.2 Å². The van der Waals surface area contributed by atoms with Gasteiger partial charge >= 0.3 is 5.97 Å². The van der Waals surface area contributed by atoms with E-state index in [9.17, 15) is 19.2 Å². The molecule has 7 heteroatoms. The molecule has 0 spiro atoms. The highest BCUT2D eigenvalue weighted by atomic mass is 16.5. The predicted octanol–water partition coefficient (Wildman–Crippen LogP) is 5.66. The third-order valence-corrected chi connectivity index (χ3v) is 9.86. The zero-order valence-electron chi connectivity index (χ0n) is 24.4. The highest BCUT2D eigenvalue weighted by Crippen LogP contribution is 2.61. The third-order valence-electron chi connectivity index (χ3n) is 9.86. The highest BCUT2D eigenvalue weighted by Gasteiger charge is 2.61. The lowest BCUT2D eigenvalue weighted by molar-refractivity contribution is -0.139. The van der Waals surface area contributed by atoms with E-state index in [4.69, 9.17) is 4.74 Å². The van der Waals surface area contributed by atoms with Crippen LogP contribution in [0.4, 0.5) is 11.4 Å². The standard InChI is InChI=1S/C37H30N2O5/c1-20-14-15-21(2)29(16-20)38-19-22(17-30(38)40)37(43)44-24-9-7-8-23(18-24)39-35(41)33-31-25-10-3-4-11-26(25)32(34(33)36(39)42)28-13-6-5-12-27(28)31/h3-16,18,22,31-34H,17,19H2,1-2H3/t22-,31?,32?,33-,34+/m0/s1. The Morgan fingerprint density at radius 2 is 1.32 bits per heavy atom. The van der Waals surface area contributed by atoms with Crippen LogP contribution in [-0.4, -0.2) is 30.2 Å². The van der Waals surface area contributed by atoms with Crippen molar-refractivity contribution in [1.29, 1.82) is 0 Å². The fourth-order valence-corrected chi connectivity index (χ4v) is 7.93. The topological polar surface area (TPSA) is 84.0 Å². The molecule has 4 aromatic rings. The number of carbonyl (C=O) groups excluding carboxylic acids is 4. The Balaban J connectivity index is 1.06. The van der Waals surface area contributed by atoms with Crippen LogP contribution in [-0.2, 0) is 19.2 Å². The van der Waals surface area contributed by atoms with Gasteiger partial charge in [-0.05, 0) is 65.4 Å². The van der Waals surface area contributed by atoms with Crippen LogP contribution in [0.3, 0.4) is 0 Å². The summed E-state index contributed by atoms with van der Waals surface area (Å²) in [5.41, 5.74) is 7.64. The Bertz CT molecular complexity index is 1800. The van der Waals surface area contributed by atoms with Crippen molar-refractivity contribution in [2.75, 3.05) is 16.3 Å². The lowest BCUT2D eigenvalue weighted by Gasteiger charge is -2.45. The van der Waals surface area contributed by atoms with Crippen LogP contribution in [0.15, 0.2) is 91.0 Å². The average molecular weight is 583 g/mol. The average Bonchev–Trinajstić information content (AvgIpc) is 3.55. The maximum absolute atomic E-state index is 14.1. The lowest BCUT2D eigenvalue weighted by Crippen LogP contribution is -2.41. The van der Waals surface area contributed by atoms with Gasteiger partial charge < -0.3 is 9.64 Å². The van der Waals surface area contributed by atoms with Crippen LogP contribution in [0.5, 0.6) is 5.75 Å². The minimum absolute atomic E-state index is 0.0578. The Morgan fingerprint density at radius 1 is 0.727 bits per heavy atom. The molecule has 0 radical (unpaired) electrons. The van der Waals surface area contributed by atoms with E-state index in [1.807, 2.05) is 56.3 Å². The number of benzene rings is 4. The quantitative estimate of drug-likeness (QED) is 0.176. The molecule has 2 bridgehead atoms. The molecular formula is C37H30N2O5. The van der Waals surface area contributed by atoms with Gasteiger partial charge in [-0.15, -0.1) is 0 Å². The molecule has 0 N–H and O–H groups in total. The molecule has 2 aliphatic heterocycles. The van der Waals surface area contributed by atoms with Crippen molar-refractivity contribution in [3.05, 3.63) is 124 Å². The summed E-state index contributed by atoms with van der Waals surface area (Å²) < 4.78 is 5.76. The molecule has 218 valence electrons. The van der Waals surface area contributed by atoms with Crippen molar-refractivity contribution in [1.82, 2.24) is 0 Å². The zero-order valence-corrected chi connectivity index (χ0v) is 24.4. The van der Waals surface area contributed by atoms with Gasteiger partial charge in [0.2, 0.25) is 17.7 Å². The molecule has 0 unspecified atom stereocenters. The predicted molar refractivity (Wildman–Crippen MR) is 164 cm³/mol. The molecule has 3 aliphatic carbocycles. The van der Waals surface area contributed by atoms with Gasteiger partial charge in [-0.25, -0.2) is 4.90 Å². The molecule has 5 aliphatic rings. The van der Waals surface area contributed by atoms with Gasteiger partial charge in [0.25, 0.3) is 0 Å². The Hall–Kier alpha value is -5.04. The SMILES string of the molecule is Cc1ccc(C)c(N2C[C@@H](C(=O)Oc3cccc(N4C(=O)[C@@H]5C6c7ccccc7C(c7ccccc76)[C@@H]5C4=O)c3)CC2=O)c1. The number of ether oxygens (including phenoxy) is 1. The number of hydrogen-bond acceptors (Lipinski definition) is 5. The number of nitrogens with zero attached hydrogens (tertiary/aromatic N) is 2. The smallest absolute Gasteiger partial charge is 0.316 e. The molecule has 2 saturated heterocycles. The van der Waals surface area contributed by atoms with E-state index in [-0.39, 0.29) is 48.3 Å². The van der Waals surface area contributed by atoms with Crippen LogP contribution in [0, 0.1) is 31.6 Å². The molecule has 0 saturated carbocycles. The number of carbonyl (C=O) groups is 4. The van der Waals surface area contributed by atoms with Gasteiger partial charge in [-0.2, -0.15) is 0 Å². The van der Waals surface area contributed by atoms with Gasteiger partial charge in [0.15, 0.2) is 0 Å². The van der Waals surface area contributed by atoms with Gasteiger partial charge in [0, 0.05) is 36.6 Å². The molecule has 7 nitrogen and oxygen atoms in total. The molecule has 4 aromatic carbocycles. The van der Waals surface area contributed by atoms with Gasteiger partial charge in [0.1, 0.15) is 5.75 Å². The van der Waals surface area contributed by atoms with Crippen molar-refractivity contribution >= 4 is 35.1 Å². The van der Waals surface area contributed by atoms with E-state index in [1.54, 1.807) is 29.2 Å². The highest BCUT2D eigenvalue weighted by molar-refractivity contribution is 6.23. The van der Waals surface area contributed by atoms with Crippen LogP contribution in [0.25, 0.3) is 0 Å². The number of hydrogen-bond donors (Lipinski definition) is 0. The van der Waals surface area contributed by atoms with E-state index in [1.165, 1.54) is 4.90 Å². The van der Waals surface area contributed by atoms with Crippen molar-refractivity contribution in [3.8, 4) is 5.75 Å². The van der Waals surface area contributed by atoms with Crippen molar-refractivity contribution < 1.29 is 23.9 Å². The summed E-state index contributed by atoms with van der Waals surface area (Å²) in [5, 5.41) is 0. The van der Waals surface area contributed by atoms with Crippen LogP contribution >= 0.6 is 0 Å². The molecule has 44 heavy (non-hydrogen) atoms. The fraction of sp³-hybridized carbons (Fsp3) is 0.243. The van der Waals surface area contributed by atoms with Gasteiger partial charge in [0.05, 0.1) is 23.4 Å². The van der Waals surface area contributed by atoms with E-state index in [0.29, 0.717) is 5.69 Å². The summed E-state index contributed by atoms with van der Waals surface area (Å²) in [6.45, 7) is 4.15. The maximum atomic E-state index is 14.1. The molecule has 2 fully saturated rings. The first-order valence-corrected chi connectivity index (χ1v) is 15.1. The number of imide groups is 1. The monoisotopic (exact) mass is 582 g/mol.